The van der Waals surface area contributed by atoms with Gasteiger partial charge in [0.2, 0.25) is 0 Å². The molecule has 1 aliphatic heterocycles. The lowest BCUT2D eigenvalue weighted by atomic mass is 9.69. The first-order valence-corrected chi connectivity index (χ1v) is 12.6. The first-order valence-electron chi connectivity index (χ1n) is 12.6. The van der Waals surface area contributed by atoms with Crippen molar-refractivity contribution in [2.24, 2.45) is 11.3 Å². The maximum atomic E-state index is 12.5. The van der Waals surface area contributed by atoms with Gasteiger partial charge in [-0.2, -0.15) is 0 Å². The first kappa shape index (κ1) is 26.5. The van der Waals surface area contributed by atoms with Gasteiger partial charge in [-0.1, -0.05) is 42.5 Å². The number of fused-ring (bicyclic) bond motifs is 1. The Labute approximate surface area is 219 Å². The molecule has 7 nitrogen and oxygen atoms in total. The number of ether oxygens (including phenoxy) is 1. The Morgan fingerprint density at radius 2 is 1.89 bits per heavy atom. The zero-order valence-corrected chi connectivity index (χ0v) is 22.4. The van der Waals surface area contributed by atoms with E-state index >= 15 is 0 Å². The summed E-state index contributed by atoms with van der Waals surface area (Å²) < 4.78 is 5.96. The summed E-state index contributed by atoms with van der Waals surface area (Å²) in [6, 6.07) is 18.3. The summed E-state index contributed by atoms with van der Waals surface area (Å²) in [6.07, 6.45) is 0. The van der Waals surface area contributed by atoms with E-state index < -0.39 is 17.3 Å². The largest absolute Gasteiger partial charge is 0.492 e. The van der Waals surface area contributed by atoms with Crippen molar-refractivity contribution in [3.63, 3.8) is 0 Å². The van der Waals surface area contributed by atoms with Crippen LogP contribution in [0.1, 0.15) is 53.1 Å². The SMILES string of the molecule is Cc1ccc(C(c2ccc(N(C)N)c(N)c2C)C(C)(C)C(=O)O)cc1CN1CCOc2ccccc2C1. The normalized spacial score (nSPS) is 14.9. The van der Waals surface area contributed by atoms with Crippen molar-refractivity contribution in [2.75, 3.05) is 30.9 Å². The number of hydrogen-bond donors (Lipinski definition) is 3. The summed E-state index contributed by atoms with van der Waals surface area (Å²) in [4.78, 5) is 14.9. The molecular weight excluding hydrogens is 464 g/mol. The number of rotatable bonds is 7. The second-order valence-corrected chi connectivity index (χ2v) is 10.6. The summed E-state index contributed by atoms with van der Waals surface area (Å²) in [5.41, 5.74) is 12.9. The van der Waals surface area contributed by atoms with E-state index in [0.717, 1.165) is 42.1 Å². The Bertz CT molecular complexity index is 1300. The summed E-state index contributed by atoms with van der Waals surface area (Å²) in [5, 5.41) is 11.7. The monoisotopic (exact) mass is 502 g/mol. The molecule has 0 aromatic heterocycles. The van der Waals surface area contributed by atoms with Crippen LogP contribution in [0.2, 0.25) is 0 Å². The molecule has 196 valence electrons. The molecule has 0 amide bonds. The number of aliphatic carboxylic acids is 1. The molecule has 4 rings (SSSR count). The predicted molar refractivity (Wildman–Crippen MR) is 149 cm³/mol. The van der Waals surface area contributed by atoms with Crippen LogP contribution < -0.4 is 21.3 Å². The lowest BCUT2D eigenvalue weighted by molar-refractivity contribution is -0.147. The van der Waals surface area contributed by atoms with Crippen LogP contribution in [0.15, 0.2) is 54.6 Å². The fourth-order valence-corrected chi connectivity index (χ4v) is 5.26. The van der Waals surface area contributed by atoms with Gasteiger partial charge in [-0.25, -0.2) is 5.84 Å². The van der Waals surface area contributed by atoms with Gasteiger partial charge in [0, 0.05) is 38.2 Å². The van der Waals surface area contributed by atoms with E-state index in [2.05, 4.69) is 30.0 Å². The Balaban J connectivity index is 1.75. The van der Waals surface area contributed by atoms with E-state index in [4.69, 9.17) is 16.3 Å². The molecule has 5 N–H and O–H groups in total. The standard InChI is InChI=1S/C30H38N4O3/c1-19-10-11-21(16-23(19)18-34-14-15-37-26-9-7-6-8-22(26)17-34)27(30(3,4)29(35)36)24-12-13-25(33(5)32)28(31)20(24)2/h6-13,16,27H,14-15,17-18,31-32H2,1-5H3,(H,35,36). The highest BCUT2D eigenvalue weighted by Crippen LogP contribution is 2.45. The van der Waals surface area contributed by atoms with Gasteiger partial charge >= 0.3 is 5.97 Å². The number of carboxylic acids is 1. The topological polar surface area (TPSA) is 105 Å². The van der Waals surface area contributed by atoms with Crippen LogP contribution in [0.3, 0.4) is 0 Å². The van der Waals surface area contributed by atoms with Crippen molar-refractivity contribution in [1.82, 2.24) is 4.90 Å². The van der Waals surface area contributed by atoms with Gasteiger partial charge < -0.3 is 20.6 Å². The minimum absolute atomic E-state index is 0.406. The Kier molecular flexibility index (Phi) is 7.48. The number of benzene rings is 3. The maximum absolute atomic E-state index is 12.5. The van der Waals surface area contributed by atoms with Gasteiger partial charge in [0.15, 0.2) is 0 Å². The van der Waals surface area contributed by atoms with E-state index in [9.17, 15) is 9.90 Å². The minimum Gasteiger partial charge on any atom is -0.492 e. The molecule has 1 unspecified atom stereocenters. The molecule has 0 saturated heterocycles. The third-order valence-corrected chi connectivity index (χ3v) is 7.63. The zero-order valence-electron chi connectivity index (χ0n) is 22.4. The van der Waals surface area contributed by atoms with Gasteiger partial charge in [0.25, 0.3) is 0 Å². The molecule has 1 atom stereocenters. The van der Waals surface area contributed by atoms with Gasteiger partial charge in [-0.15, -0.1) is 0 Å². The average molecular weight is 503 g/mol. The van der Waals surface area contributed by atoms with Crippen LogP contribution in [0, 0.1) is 19.3 Å². The van der Waals surface area contributed by atoms with Gasteiger partial charge in [-0.05, 0) is 67.6 Å². The molecule has 0 spiro atoms. The second-order valence-electron chi connectivity index (χ2n) is 10.6. The molecule has 0 radical (unpaired) electrons. The highest BCUT2D eigenvalue weighted by molar-refractivity contribution is 5.78. The molecular formula is C30H38N4O3. The van der Waals surface area contributed by atoms with E-state index in [0.29, 0.717) is 18.0 Å². The number of aryl methyl sites for hydroxylation is 1. The van der Waals surface area contributed by atoms with Crippen LogP contribution in [-0.2, 0) is 17.9 Å². The summed E-state index contributed by atoms with van der Waals surface area (Å²) >= 11 is 0. The molecule has 3 aromatic rings. The summed E-state index contributed by atoms with van der Waals surface area (Å²) in [7, 11) is 1.74. The number of para-hydroxylation sites is 1. The predicted octanol–water partition coefficient (Wildman–Crippen LogP) is 4.83. The van der Waals surface area contributed by atoms with Crippen LogP contribution in [-0.4, -0.2) is 36.2 Å². The van der Waals surface area contributed by atoms with Crippen LogP contribution in [0.4, 0.5) is 11.4 Å². The minimum atomic E-state index is -1.07. The number of hydrogen-bond acceptors (Lipinski definition) is 6. The number of nitrogens with two attached hydrogens (primary N) is 2. The number of hydrazine groups is 1. The van der Waals surface area contributed by atoms with Crippen molar-refractivity contribution in [3.05, 3.63) is 88.0 Å². The molecule has 7 heteroatoms. The molecule has 1 heterocycles. The smallest absolute Gasteiger partial charge is 0.310 e. The first-order chi connectivity index (χ1) is 17.5. The second kappa shape index (κ2) is 10.4. The van der Waals surface area contributed by atoms with Crippen LogP contribution >= 0.6 is 0 Å². The average Bonchev–Trinajstić information content (AvgIpc) is 3.05. The third-order valence-electron chi connectivity index (χ3n) is 7.63. The number of nitrogens with zero attached hydrogens (tertiary/aromatic N) is 2. The number of carbonyl (C=O) groups is 1. The third kappa shape index (κ3) is 5.29. The lowest BCUT2D eigenvalue weighted by Gasteiger charge is -2.34. The highest BCUT2D eigenvalue weighted by Gasteiger charge is 2.40. The Morgan fingerprint density at radius 3 is 2.59 bits per heavy atom. The molecule has 0 saturated carbocycles. The van der Waals surface area contributed by atoms with Crippen LogP contribution in [0.5, 0.6) is 5.75 Å². The van der Waals surface area contributed by atoms with Crippen molar-refractivity contribution >= 4 is 17.3 Å². The van der Waals surface area contributed by atoms with Gasteiger partial charge in [0.05, 0.1) is 16.8 Å². The summed E-state index contributed by atoms with van der Waals surface area (Å²) in [5.74, 6) is 5.64. The van der Waals surface area contributed by atoms with Crippen molar-refractivity contribution < 1.29 is 14.6 Å². The van der Waals surface area contributed by atoms with E-state index in [1.54, 1.807) is 20.9 Å². The van der Waals surface area contributed by atoms with Crippen molar-refractivity contribution in [2.45, 2.75) is 46.7 Å². The highest BCUT2D eigenvalue weighted by atomic mass is 16.5. The summed E-state index contributed by atoms with van der Waals surface area (Å²) in [6.45, 7) is 10.6. The fraction of sp³-hybridized carbons (Fsp3) is 0.367. The van der Waals surface area contributed by atoms with Crippen molar-refractivity contribution in [3.8, 4) is 5.75 Å². The zero-order chi connectivity index (χ0) is 26.9. The number of anilines is 2. The number of nitrogen functional groups attached to an aromatic ring is 1. The molecule has 0 fully saturated rings. The molecule has 0 aliphatic carbocycles. The van der Waals surface area contributed by atoms with E-state index in [-0.39, 0.29) is 0 Å². The van der Waals surface area contributed by atoms with E-state index in [1.807, 2.05) is 43.3 Å². The lowest BCUT2D eigenvalue weighted by Crippen LogP contribution is -2.33. The molecule has 3 aromatic carbocycles. The Hall–Kier alpha value is -3.55. The number of carboxylic acid groups (broad SMARTS) is 1. The molecule has 37 heavy (non-hydrogen) atoms. The van der Waals surface area contributed by atoms with Gasteiger partial charge in [-0.3, -0.25) is 9.69 Å². The van der Waals surface area contributed by atoms with Crippen LogP contribution in [0.25, 0.3) is 0 Å². The van der Waals surface area contributed by atoms with Crippen molar-refractivity contribution in [1.29, 1.82) is 0 Å². The van der Waals surface area contributed by atoms with Gasteiger partial charge in [0.1, 0.15) is 12.4 Å². The quantitative estimate of drug-likeness (QED) is 0.241. The maximum Gasteiger partial charge on any atom is 0.310 e. The van der Waals surface area contributed by atoms with E-state index in [1.165, 1.54) is 21.7 Å². The molecule has 1 aliphatic rings. The fourth-order valence-electron chi connectivity index (χ4n) is 5.26. The Morgan fingerprint density at radius 1 is 1.16 bits per heavy atom. The molecule has 0 bridgehead atoms.